The van der Waals surface area contributed by atoms with Crippen molar-refractivity contribution in [1.82, 2.24) is 9.88 Å². The van der Waals surface area contributed by atoms with Crippen molar-refractivity contribution in [2.75, 3.05) is 27.3 Å². The number of methoxy groups -OCH3 is 2. The molecule has 1 atom stereocenters. The molecule has 1 aromatic heterocycles. The lowest BCUT2D eigenvalue weighted by atomic mass is 9.97. The third-order valence-electron chi connectivity index (χ3n) is 3.78. The number of rotatable bonds is 5. The summed E-state index contributed by atoms with van der Waals surface area (Å²) in [5.41, 5.74) is 6.55. The fourth-order valence-corrected chi connectivity index (χ4v) is 2.70. The summed E-state index contributed by atoms with van der Waals surface area (Å²) in [5, 5.41) is 11.9. The number of hydrogen-bond acceptors (Lipinski definition) is 6. The van der Waals surface area contributed by atoms with E-state index in [9.17, 15) is 0 Å². The van der Waals surface area contributed by atoms with Crippen molar-refractivity contribution in [3.63, 3.8) is 0 Å². The Balaban J connectivity index is 2.11. The van der Waals surface area contributed by atoms with Crippen LogP contribution in [0.3, 0.4) is 0 Å². The highest BCUT2D eigenvalue weighted by Crippen LogP contribution is 2.30. The molecule has 1 aliphatic rings. The van der Waals surface area contributed by atoms with Crippen LogP contribution in [0.5, 0.6) is 11.5 Å². The summed E-state index contributed by atoms with van der Waals surface area (Å²) >= 11 is 0. The lowest BCUT2D eigenvalue weighted by molar-refractivity contribution is 0.188. The summed E-state index contributed by atoms with van der Waals surface area (Å²) in [5.74, 6) is 1.71. The molecule has 0 amide bonds. The second kappa shape index (κ2) is 7.12. The molecule has 0 aliphatic carbocycles. The van der Waals surface area contributed by atoms with E-state index < -0.39 is 0 Å². The predicted octanol–water partition coefficient (Wildman–Crippen LogP) is 1.06. The zero-order valence-electron chi connectivity index (χ0n) is 12.5. The van der Waals surface area contributed by atoms with Gasteiger partial charge in [0.05, 0.1) is 14.2 Å². The lowest BCUT2D eigenvalue weighted by Gasteiger charge is -2.32. The van der Waals surface area contributed by atoms with Crippen molar-refractivity contribution >= 4 is 5.84 Å². The van der Waals surface area contributed by atoms with Crippen molar-refractivity contribution in [2.24, 2.45) is 16.8 Å². The Labute approximate surface area is 124 Å². The smallest absolute Gasteiger partial charge is 0.183 e. The highest BCUT2D eigenvalue weighted by Gasteiger charge is 2.24. The van der Waals surface area contributed by atoms with Gasteiger partial charge in [-0.25, -0.2) is 0 Å². The van der Waals surface area contributed by atoms with Gasteiger partial charge in [0.25, 0.3) is 0 Å². The third-order valence-corrected chi connectivity index (χ3v) is 3.78. The molecule has 1 fully saturated rings. The van der Waals surface area contributed by atoms with Gasteiger partial charge in [-0.1, -0.05) is 5.16 Å². The molecule has 0 aromatic carbocycles. The predicted molar refractivity (Wildman–Crippen MR) is 78.8 cm³/mol. The Morgan fingerprint density at radius 3 is 3.00 bits per heavy atom. The van der Waals surface area contributed by atoms with Crippen LogP contribution in [0.2, 0.25) is 0 Å². The molecule has 21 heavy (non-hydrogen) atoms. The molecule has 3 N–H and O–H groups in total. The summed E-state index contributed by atoms with van der Waals surface area (Å²) in [6, 6.07) is 1.78. The Bertz CT molecular complexity index is 507. The first kappa shape index (κ1) is 15.4. The van der Waals surface area contributed by atoms with Gasteiger partial charge in [0.15, 0.2) is 11.5 Å². The number of hydrogen-bond donors (Lipinski definition) is 2. The molecule has 7 nitrogen and oxygen atoms in total. The summed E-state index contributed by atoms with van der Waals surface area (Å²) in [7, 11) is 3.22. The Kier molecular flexibility index (Phi) is 5.21. The average Bonchev–Trinajstić information content (AvgIpc) is 2.54. The first-order chi connectivity index (χ1) is 10.2. The van der Waals surface area contributed by atoms with Crippen LogP contribution >= 0.6 is 0 Å². The van der Waals surface area contributed by atoms with Crippen LogP contribution in [-0.4, -0.2) is 48.2 Å². The largest absolute Gasteiger partial charge is 0.493 e. The molecule has 1 aliphatic heterocycles. The van der Waals surface area contributed by atoms with Gasteiger partial charge in [-0.15, -0.1) is 0 Å². The topological polar surface area (TPSA) is 93.2 Å². The normalized spacial score (nSPS) is 20.3. The zero-order valence-corrected chi connectivity index (χ0v) is 12.5. The first-order valence-electron chi connectivity index (χ1n) is 6.95. The second-order valence-corrected chi connectivity index (χ2v) is 5.09. The van der Waals surface area contributed by atoms with E-state index in [4.69, 9.17) is 20.4 Å². The molecule has 0 radical (unpaired) electrons. The summed E-state index contributed by atoms with van der Waals surface area (Å²) in [6.07, 6.45) is 3.66. The van der Waals surface area contributed by atoms with Crippen LogP contribution in [-0.2, 0) is 6.54 Å². The molecule has 2 rings (SSSR count). The molecule has 1 unspecified atom stereocenters. The number of aromatic nitrogens is 1. The van der Waals surface area contributed by atoms with Gasteiger partial charge < -0.3 is 20.4 Å². The molecule has 7 heteroatoms. The van der Waals surface area contributed by atoms with E-state index in [2.05, 4.69) is 15.0 Å². The molecule has 116 valence electrons. The van der Waals surface area contributed by atoms with E-state index >= 15 is 0 Å². The maximum absolute atomic E-state index is 8.81. The number of ether oxygens (including phenoxy) is 2. The van der Waals surface area contributed by atoms with Crippen LogP contribution in [0.15, 0.2) is 17.4 Å². The van der Waals surface area contributed by atoms with E-state index in [0.29, 0.717) is 23.9 Å². The number of nitrogens with two attached hydrogens (primary N) is 1. The van der Waals surface area contributed by atoms with Gasteiger partial charge in [-0.3, -0.25) is 9.88 Å². The number of piperidine rings is 1. The van der Waals surface area contributed by atoms with Crippen LogP contribution < -0.4 is 15.2 Å². The first-order valence-corrected chi connectivity index (χ1v) is 6.95. The lowest BCUT2D eigenvalue weighted by Crippen LogP contribution is -2.41. The number of pyridine rings is 1. The number of likely N-dealkylation sites (tertiary alicyclic amines) is 1. The van der Waals surface area contributed by atoms with Crippen LogP contribution in [0.4, 0.5) is 0 Å². The molecule has 0 saturated carbocycles. The van der Waals surface area contributed by atoms with Crippen LogP contribution in [0.25, 0.3) is 0 Å². The van der Waals surface area contributed by atoms with Crippen molar-refractivity contribution < 1.29 is 14.7 Å². The van der Waals surface area contributed by atoms with Crippen molar-refractivity contribution in [1.29, 1.82) is 0 Å². The maximum Gasteiger partial charge on any atom is 0.183 e. The second-order valence-electron chi connectivity index (χ2n) is 5.09. The van der Waals surface area contributed by atoms with Crippen LogP contribution in [0.1, 0.15) is 18.5 Å². The minimum absolute atomic E-state index is 0.0837. The molecule has 0 spiro atoms. The zero-order chi connectivity index (χ0) is 15.2. The molecule has 2 heterocycles. The minimum atomic E-state index is 0.0837. The van der Waals surface area contributed by atoms with Gasteiger partial charge in [-0.2, -0.15) is 0 Å². The van der Waals surface area contributed by atoms with Gasteiger partial charge in [0.1, 0.15) is 11.5 Å². The highest BCUT2D eigenvalue weighted by atomic mass is 16.5. The highest BCUT2D eigenvalue weighted by molar-refractivity contribution is 5.82. The molecule has 1 aromatic rings. The van der Waals surface area contributed by atoms with Gasteiger partial charge in [0, 0.05) is 31.3 Å². The Morgan fingerprint density at radius 2 is 2.33 bits per heavy atom. The van der Waals surface area contributed by atoms with E-state index in [1.807, 2.05) is 0 Å². The van der Waals surface area contributed by atoms with E-state index in [-0.39, 0.29) is 5.92 Å². The summed E-state index contributed by atoms with van der Waals surface area (Å²) in [6.45, 7) is 2.35. The van der Waals surface area contributed by atoms with Gasteiger partial charge in [-0.05, 0) is 19.4 Å². The number of amidine groups is 1. The average molecular weight is 294 g/mol. The Hall–Kier alpha value is -2.02. The monoisotopic (exact) mass is 294 g/mol. The van der Waals surface area contributed by atoms with E-state index in [1.54, 1.807) is 26.5 Å². The molecular formula is C14H22N4O3. The van der Waals surface area contributed by atoms with Gasteiger partial charge in [0.2, 0.25) is 0 Å². The maximum atomic E-state index is 8.81. The van der Waals surface area contributed by atoms with Crippen molar-refractivity contribution in [3.05, 3.63) is 18.0 Å². The minimum Gasteiger partial charge on any atom is -0.493 e. The van der Waals surface area contributed by atoms with E-state index in [0.717, 1.165) is 31.6 Å². The van der Waals surface area contributed by atoms with Crippen molar-refractivity contribution in [3.8, 4) is 11.5 Å². The third kappa shape index (κ3) is 3.55. The molecule has 0 bridgehead atoms. The number of oxime groups is 1. The van der Waals surface area contributed by atoms with Crippen molar-refractivity contribution in [2.45, 2.75) is 19.4 Å². The van der Waals surface area contributed by atoms with E-state index in [1.165, 1.54) is 0 Å². The fourth-order valence-electron chi connectivity index (χ4n) is 2.70. The Morgan fingerprint density at radius 1 is 1.52 bits per heavy atom. The fraction of sp³-hybridized carbons (Fsp3) is 0.571. The quantitative estimate of drug-likeness (QED) is 0.365. The molecular weight excluding hydrogens is 272 g/mol. The standard InChI is InChI=1S/C14H22N4O3/c1-20-12-5-6-16-11(13(12)21-2)9-18-7-3-4-10(8-18)14(15)17-19/h5-6,10,19H,3-4,7-9H2,1-2H3,(H2,15,17). The number of nitrogens with zero attached hydrogens (tertiary/aromatic N) is 3. The SMILES string of the molecule is COc1ccnc(CN2CCCC(/C(N)=N/O)C2)c1OC. The van der Waals surface area contributed by atoms with Gasteiger partial charge >= 0.3 is 0 Å². The summed E-state index contributed by atoms with van der Waals surface area (Å²) < 4.78 is 10.7. The summed E-state index contributed by atoms with van der Waals surface area (Å²) in [4.78, 5) is 6.62. The van der Waals surface area contributed by atoms with Crippen LogP contribution in [0, 0.1) is 5.92 Å². The molecule has 1 saturated heterocycles.